The van der Waals surface area contributed by atoms with Crippen LogP contribution in [-0.4, -0.2) is 102 Å². The van der Waals surface area contributed by atoms with Crippen LogP contribution in [0.25, 0.3) is 0 Å². The van der Waals surface area contributed by atoms with Gasteiger partial charge in [-0.15, -0.1) is 0 Å². The summed E-state index contributed by atoms with van der Waals surface area (Å²) in [6.45, 7) is 9.59. The molecular formula is C44H50N6O12. The van der Waals surface area contributed by atoms with Gasteiger partial charge in [0.15, 0.2) is 0 Å². The zero-order valence-corrected chi connectivity index (χ0v) is 35.5. The minimum absolute atomic E-state index is 0.0272. The maximum Gasteiger partial charge on any atom is 0.424 e. The Morgan fingerprint density at radius 3 is 1.24 bits per heavy atom. The van der Waals surface area contributed by atoms with Crippen molar-refractivity contribution in [3.05, 3.63) is 58.7 Å². The fourth-order valence-corrected chi connectivity index (χ4v) is 8.65. The Hall–Kier alpha value is -6.46. The molecule has 10 amide bonds. The number of nitrogens with zero attached hydrogens (tertiary/aromatic N) is 4. The van der Waals surface area contributed by atoms with E-state index < -0.39 is 82.8 Å². The van der Waals surface area contributed by atoms with Crippen molar-refractivity contribution in [2.75, 3.05) is 10.6 Å². The second kappa shape index (κ2) is 16.4. The number of rotatable bonds is 6. The van der Waals surface area contributed by atoms with Gasteiger partial charge in [0.25, 0.3) is 23.6 Å². The van der Waals surface area contributed by atoms with Crippen LogP contribution < -0.4 is 10.6 Å². The molecule has 4 aliphatic heterocycles. The zero-order chi connectivity index (χ0) is 45.0. The van der Waals surface area contributed by atoms with Gasteiger partial charge in [-0.25, -0.2) is 9.59 Å². The Morgan fingerprint density at radius 1 is 0.548 bits per heavy atom. The Bertz CT molecular complexity index is 2140. The number of anilines is 2. The molecular weight excluding hydrogens is 805 g/mol. The van der Waals surface area contributed by atoms with Crippen LogP contribution in [0.15, 0.2) is 36.4 Å². The van der Waals surface area contributed by atoms with Crippen molar-refractivity contribution in [2.45, 2.75) is 129 Å². The van der Waals surface area contributed by atoms with Crippen LogP contribution in [-0.2, 0) is 51.3 Å². The van der Waals surface area contributed by atoms with Gasteiger partial charge in [0.05, 0.1) is 0 Å². The van der Waals surface area contributed by atoms with Gasteiger partial charge in [-0.1, -0.05) is 12.1 Å². The Labute approximate surface area is 357 Å². The molecule has 18 nitrogen and oxygen atoms in total. The van der Waals surface area contributed by atoms with Crippen molar-refractivity contribution in [3.63, 3.8) is 0 Å². The lowest BCUT2D eigenvalue weighted by molar-refractivity contribution is -0.152. The first-order valence-electron chi connectivity index (χ1n) is 20.8. The number of ether oxygens (including phenoxy) is 2. The monoisotopic (exact) mass is 854 g/mol. The van der Waals surface area contributed by atoms with Gasteiger partial charge in [0.2, 0.25) is 23.6 Å². The average Bonchev–Trinajstić information content (AvgIpc) is 3.70. The van der Waals surface area contributed by atoms with Crippen molar-refractivity contribution >= 4 is 70.8 Å². The third-order valence-electron chi connectivity index (χ3n) is 11.7. The number of amides is 10. The molecule has 2 aromatic carbocycles. The number of carbonyl (C=O) groups is 10. The molecule has 2 atom stereocenters. The molecule has 18 heteroatoms. The van der Waals surface area contributed by atoms with Gasteiger partial charge in [0, 0.05) is 71.4 Å². The predicted molar refractivity (Wildman–Crippen MR) is 218 cm³/mol. The van der Waals surface area contributed by atoms with Gasteiger partial charge in [-0.05, 0) is 104 Å². The van der Waals surface area contributed by atoms with E-state index in [0.29, 0.717) is 58.0 Å². The van der Waals surface area contributed by atoms with Gasteiger partial charge < -0.3 is 29.9 Å². The quantitative estimate of drug-likeness (QED) is 0.371. The molecule has 5 aliphatic rings. The fourth-order valence-electron chi connectivity index (χ4n) is 8.65. The lowest BCUT2D eigenvalue weighted by Crippen LogP contribution is -2.57. The maximum atomic E-state index is 13.6. The van der Waals surface area contributed by atoms with Gasteiger partial charge in [0.1, 0.15) is 23.3 Å². The molecule has 7 rings (SSSR count). The van der Waals surface area contributed by atoms with Crippen LogP contribution in [0, 0.1) is 11.8 Å². The molecule has 2 unspecified atom stereocenters. The molecule has 328 valence electrons. The Morgan fingerprint density at radius 2 is 0.903 bits per heavy atom. The summed E-state index contributed by atoms with van der Waals surface area (Å²) in [5, 5.41) is 5.90. The highest BCUT2D eigenvalue weighted by Crippen LogP contribution is 2.38. The molecule has 0 aromatic heterocycles. The lowest BCUT2D eigenvalue weighted by Gasteiger charge is -2.35. The van der Waals surface area contributed by atoms with Crippen LogP contribution in [0.4, 0.5) is 21.0 Å². The molecule has 3 fully saturated rings. The molecule has 2 saturated heterocycles. The first-order chi connectivity index (χ1) is 29.1. The van der Waals surface area contributed by atoms with Gasteiger partial charge >= 0.3 is 12.2 Å². The second-order valence-corrected chi connectivity index (χ2v) is 18.3. The van der Waals surface area contributed by atoms with E-state index in [9.17, 15) is 47.9 Å². The van der Waals surface area contributed by atoms with E-state index in [-0.39, 0.29) is 61.7 Å². The molecule has 1 saturated carbocycles. The summed E-state index contributed by atoms with van der Waals surface area (Å²) in [5.41, 5.74) is 0.455. The first kappa shape index (κ1) is 43.6. The topological polar surface area (TPSA) is 226 Å². The van der Waals surface area contributed by atoms with Crippen LogP contribution in [0.2, 0.25) is 0 Å². The number of carbonyl (C=O) groups excluding carboxylic acids is 10. The normalized spacial score (nSPS) is 23.0. The lowest BCUT2D eigenvalue weighted by atomic mass is 9.81. The molecule has 2 N–H and O–H groups in total. The zero-order valence-electron chi connectivity index (χ0n) is 35.5. The summed E-state index contributed by atoms with van der Waals surface area (Å²) >= 11 is 0. The predicted octanol–water partition coefficient (Wildman–Crippen LogP) is 4.89. The number of likely N-dealkylation sites (tertiary alicyclic amines) is 2. The maximum absolute atomic E-state index is 13.6. The Balaban J connectivity index is 0.951. The van der Waals surface area contributed by atoms with Crippen LogP contribution in [0.3, 0.4) is 0 Å². The standard InChI is InChI=1S/C44H50N6O12/c1-43(2,3)61-41(59)49-33(51)19-17-31(39(49)57)47-21-27-25(37(47)55)9-7-11-29(27)45-35(53)23-13-15-24(16-14-23)36(54)46-30-12-8-10-26-28(30)22-48(38(26)56)32-18-20-34(52)50(40(32)58)42(60)62-44(4,5)6/h7-12,23-24,31-32H,13-22H2,1-6H3,(H,45,53)(H,46,54)/t23-,24+,31?,32?. The third kappa shape index (κ3) is 8.54. The summed E-state index contributed by atoms with van der Waals surface area (Å²) in [6, 6.07) is 7.57. The van der Waals surface area contributed by atoms with Crippen molar-refractivity contribution in [3.8, 4) is 0 Å². The summed E-state index contributed by atoms with van der Waals surface area (Å²) in [6.07, 6.45) is -0.854. The number of hydrogen-bond acceptors (Lipinski definition) is 12. The number of benzene rings is 2. The molecule has 1 aliphatic carbocycles. The molecule has 0 spiro atoms. The SMILES string of the molecule is CC(C)(C)OC(=O)N1C(=O)CCC(N2Cc3c(NC(=O)[C@H]4CC[C@@H](C(=O)Nc5cccc6c5CN(C5CCC(=O)N(C(=O)OC(C)(C)C)C5=O)C6=O)CC4)cccc3C2=O)C1=O. The van der Waals surface area contributed by atoms with Crippen LogP contribution in [0.1, 0.15) is 125 Å². The average molecular weight is 855 g/mol. The summed E-state index contributed by atoms with van der Waals surface area (Å²) in [5.74, 6) is -5.51. The van der Waals surface area contributed by atoms with E-state index >= 15 is 0 Å². The molecule has 2 aromatic rings. The number of hydrogen-bond donors (Lipinski definition) is 2. The van der Waals surface area contributed by atoms with E-state index in [0.717, 1.165) is 0 Å². The minimum Gasteiger partial charge on any atom is -0.443 e. The minimum atomic E-state index is -1.10. The van der Waals surface area contributed by atoms with Crippen molar-refractivity contribution in [1.82, 2.24) is 19.6 Å². The summed E-state index contributed by atoms with van der Waals surface area (Å²) in [4.78, 5) is 136. The highest BCUT2D eigenvalue weighted by molar-refractivity contribution is 6.15. The van der Waals surface area contributed by atoms with E-state index in [1.165, 1.54) is 9.80 Å². The highest BCUT2D eigenvalue weighted by atomic mass is 16.6. The van der Waals surface area contributed by atoms with E-state index in [2.05, 4.69) is 10.6 Å². The molecule has 0 bridgehead atoms. The molecule has 62 heavy (non-hydrogen) atoms. The summed E-state index contributed by atoms with van der Waals surface area (Å²) < 4.78 is 10.6. The van der Waals surface area contributed by atoms with Gasteiger partial charge in [-0.2, -0.15) is 9.80 Å². The van der Waals surface area contributed by atoms with E-state index in [1.54, 1.807) is 77.9 Å². The van der Waals surface area contributed by atoms with E-state index in [1.807, 2.05) is 0 Å². The molecule has 4 heterocycles. The number of imide groups is 6. The van der Waals surface area contributed by atoms with E-state index in [4.69, 9.17) is 9.47 Å². The van der Waals surface area contributed by atoms with Crippen molar-refractivity contribution < 1.29 is 57.4 Å². The molecule has 0 radical (unpaired) electrons. The highest BCUT2D eigenvalue weighted by Gasteiger charge is 2.48. The smallest absolute Gasteiger partial charge is 0.424 e. The Kier molecular flexibility index (Phi) is 11.6. The third-order valence-corrected chi connectivity index (χ3v) is 11.7. The van der Waals surface area contributed by atoms with Crippen LogP contribution in [0.5, 0.6) is 0 Å². The van der Waals surface area contributed by atoms with Crippen LogP contribution >= 0.6 is 0 Å². The summed E-state index contributed by atoms with van der Waals surface area (Å²) in [7, 11) is 0. The van der Waals surface area contributed by atoms with Crippen molar-refractivity contribution in [1.29, 1.82) is 0 Å². The number of piperidine rings is 2. The number of fused-ring (bicyclic) bond motifs is 2. The fraction of sp³-hybridized carbons (Fsp3) is 0.500. The van der Waals surface area contributed by atoms with Gasteiger partial charge in [-0.3, -0.25) is 38.4 Å². The largest absolute Gasteiger partial charge is 0.443 e. The van der Waals surface area contributed by atoms with Crippen molar-refractivity contribution in [2.24, 2.45) is 11.8 Å². The first-order valence-corrected chi connectivity index (χ1v) is 20.8. The second-order valence-electron chi connectivity index (χ2n) is 18.3. The number of nitrogens with one attached hydrogen (secondary N) is 2.